The van der Waals surface area contributed by atoms with Crippen molar-refractivity contribution in [1.29, 1.82) is 0 Å². The van der Waals surface area contributed by atoms with Crippen LogP contribution in [0.4, 0.5) is 13.2 Å². The van der Waals surface area contributed by atoms with Crippen LogP contribution in [-0.4, -0.2) is 10.6 Å². The highest BCUT2D eigenvalue weighted by molar-refractivity contribution is 8.22. The van der Waals surface area contributed by atoms with Crippen molar-refractivity contribution in [3.8, 4) is 0 Å². The van der Waals surface area contributed by atoms with E-state index >= 15 is 0 Å². The number of alkyl halides is 3. The van der Waals surface area contributed by atoms with E-state index < -0.39 is 11.7 Å². The molecule has 0 aliphatic heterocycles. The van der Waals surface area contributed by atoms with Gasteiger partial charge < -0.3 is 5.32 Å². The van der Waals surface area contributed by atoms with E-state index in [4.69, 9.17) is 12.2 Å². The number of hydrogen-bond donors (Lipinski definition) is 1. The van der Waals surface area contributed by atoms with E-state index in [1.807, 2.05) is 6.26 Å². The molecule has 0 saturated heterocycles. The van der Waals surface area contributed by atoms with Crippen LogP contribution >= 0.6 is 24.0 Å². The third-order valence-corrected chi connectivity index (χ3v) is 3.04. The van der Waals surface area contributed by atoms with Crippen LogP contribution in [0.5, 0.6) is 0 Å². The third-order valence-electron chi connectivity index (χ3n) is 1.88. The monoisotopic (exact) mass is 265 g/mol. The molecule has 1 aromatic carbocycles. The summed E-state index contributed by atoms with van der Waals surface area (Å²) < 4.78 is 37.7. The molecule has 88 valence electrons. The van der Waals surface area contributed by atoms with Gasteiger partial charge >= 0.3 is 6.18 Å². The lowest BCUT2D eigenvalue weighted by Crippen LogP contribution is -2.17. The Morgan fingerprint density at radius 1 is 1.44 bits per heavy atom. The van der Waals surface area contributed by atoms with Crippen molar-refractivity contribution in [1.82, 2.24) is 5.32 Å². The topological polar surface area (TPSA) is 12.0 Å². The van der Waals surface area contributed by atoms with Crippen LogP contribution in [0, 0.1) is 0 Å². The fraction of sp³-hybridized carbons (Fsp3) is 0.300. The lowest BCUT2D eigenvalue weighted by Gasteiger charge is -2.09. The summed E-state index contributed by atoms with van der Waals surface area (Å²) in [6.45, 7) is 0.309. The zero-order chi connectivity index (χ0) is 12.2. The summed E-state index contributed by atoms with van der Waals surface area (Å²) in [5.74, 6) is 0. The second-order valence-electron chi connectivity index (χ2n) is 3.04. The van der Waals surface area contributed by atoms with E-state index in [0.717, 1.165) is 12.1 Å². The summed E-state index contributed by atoms with van der Waals surface area (Å²) >= 11 is 6.24. The molecule has 0 fully saturated rings. The average molecular weight is 265 g/mol. The van der Waals surface area contributed by atoms with Gasteiger partial charge in [0.25, 0.3) is 0 Å². The minimum Gasteiger partial charge on any atom is -0.367 e. The van der Waals surface area contributed by atoms with Crippen molar-refractivity contribution >= 4 is 28.3 Å². The lowest BCUT2D eigenvalue weighted by atomic mass is 10.1. The highest BCUT2D eigenvalue weighted by atomic mass is 32.2. The van der Waals surface area contributed by atoms with Gasteiger partial charge in [-0.2, -0.15) is 13.2 Å². The average Bonchev–Trinajstić information content (AvgIpc) is 2.25. The molecular formula is C10H10F3NS2. The molecule has 0 unspecified atom stereocenters. The van der Waals surface area contributed by atoms with E-state index in [0.29, 0.717) is 16.4 Å². The lowest BCUT2D eigenvalue weighted by molar-refractivity contribution is -0.137. The van der Waals surface area contributed by atoms with Crippen molar-refractivity contribution in [3.05, 3.63) is 35.4 Å². The molecule has 0 aliphatic carbocycles. The SMILES string of the molecule is CSC(=S)NCc1cccc(C(F)(F)F)c1. The Morgan fingerprint density at radius 3 is 2.69 bits per heavy atom. The van der Waals surface area contributed by atoms with Crippen LogP contribution in [0.15, 0.2) is 24.3 Å². The van der Waals surface area contributed by atoms with Crippen molar-refractivity contribution in [3.63, 3.8) is 0 Å². The predicted octanol–water partition coefficient (Wildman–Crippen LogP) is 3.44. The highest BCUT2D eigenvalue weighted by Crippen LogP contribution is 2.29. The Labute approximate surface area is 101 Å². The van der Waals surface area contributed by atoms with Gasteiger partial charge in [0.1, 0.15) is 4.32 Å². The van der Waals surface area contributed by atoms with Crippen LogP contribution in [0.1, 0.15) is 11.1 Å². The van der Waals surface area contributed by atoms with Gasteiger partial charge in [0.05, 0.1) is 5.56 Å². The molecule has 0 bridgehead atoms. The van der Waals surface area contributed by atoms with Gasteiger partial charge in [-0.3, -0.25) is 0 Å². The Morgan fingerprint density at radius 2 is 2.12 bits per heavy atom. The molecule has 0 aliphatic rings. The fourth-order valence-electron chi connectivity index (χ4n) is 1.10. The van der Waals surface area contributed by atoms with Gasteiger partial charge in [0.2, 0.25) is 0 Å². The summed E-state index contributed by atoms with van der Waals surface area (Å²) in [5.41, 5.74) is -0.0758. The molecule has 0 radical (unpaired) electrons. The number of rotatable bonds is 2. The highest BCUT2D eigenvalue weighted by Gasteiger charge is 2.30. The van der Waals surface area contributed by atoms with Crippen LogP contribution in [0.3, 0.4) is 0 Å². The Bertz CT molecular complexity index is 377. The Hall–Kier alpha value is -0.750. The van der Waals surface area contributed by atoms with Gasteiger partial charge in [-0.25, -0.2) is 0 Å². The molecule has 1 rings (SSSR count). The van der Waals surface area contributed by atoms with Crippen molar-refractivity contribution in [2.24, 2.45) is 0 Å². The van der Waals surface area contributed by atoms with E-state index in [-0.39, 0.29) is 0 Å². The minimum absolute atomic E-state index is 0.309. The molecule has 1 aromatic rings. The van der Waals surface area contributed by atoms with Crippen molar-refractivity contribution in [2.75, 3.05) is 6.26 Å². The van der Waals surface area contributed by atoms with E-state index in [9.17, 15) is 13.2 Å². The number of nitrogens with one attached hydrogen (secondary N) is 1. The number of thiocarbonyl (C=S) groups is 1. The Kier molecular flexibility index (Phi) is 4.61. The molecule has 0 saturated carbocycles. The zero-order valence-electron chi connectivity index (χ0n) is 8.47. The minimum atomic E-state index is -4.30. The van der Waals surface area contributed by atoms with E-state index in [1.54, 1.807) is 6.07 Å². The smallest absolute Gasteiger partial charge is 0.367 e. The van der Waals surface area contributed by atoms with Gasteiger partial charge in [-0.1, -0.05) is 24.4 Å². The number of thioether (sulfide) groups is 1. The summed E-state index contributed by atoms with van der Waals surface area (Å²) in [5, 5.41) is 2.85. The molecule has 0 spiro atoms. The van der Waals surface area contributed by atoms with E-state index in [2.05, 4.69) is 5.32 Å². The molecule has 1 nitrogen and oxygen atoms in total. The molecule has 0 atom stereocenters. The molecular weight excluding hydrogens is 255 g/mol. The second-order valence-corrected chi connectivity index (χ2v) is 4.53. The number of hydrogen-bond acceptors (Lipinski definition) is 2. The summed E-state index contributed by atoms with van der Waals surface area (Å²) in [4.78, 5) is 0. The molecule has 0 aromatic heterocycles. The van der Waals surface area contributed by atoms with Gasteiger partial charge in [-0.15, -0.1) is 11.8 Å². The molecule has 0 amide bonds. The van der Waals surface area contributed by atoms with Crippen molar-refractivity contribution < 1.29 is 13.2 Å². The molecule has 0 heterocycles. The maximum Gasteiger partial charge on any atom is 0.416 e. The van der Waals surface area contributed by atoms with Crippen LogP contribution in [0.25, 0.3) is 0 Å². The third kappa shape index (κ3) is 4.02. The van der Waals surface area contributed by atoms with E-state index in [1.165, 1.54) is 17.8 Å². The number of benzene rings is 1. The van der Waals surface area contributed by atoms with Crippen LogP contribution in [-0.2, 0) is 12.7 Å². The first kappa shape index (κ1) is 13.3. The molecule has 1 N–H and O–H groups in total. The van der Waals surface area contributed by atoms with Crippen LogP contribution in [0.2, 0.25) is 0 Å². The zero-order valence-corrected chi connectivity index (χ0v) is 10.1. The first-order valence-electron chi connectivity index (χ1n) is 4.41. The maximum atomic E-state index is 12.4. The largest absolute Gasteiger partial charge is 0.416 e. The first-order valence-corrected chi connectivity index (χ1v) is 6.04. The fourth-order valence-corrected chi connectivity index (χ4v) is 1.39. The Balaban J connectivity index is 2.72. The summed E-state index contributed by atoms with van der Waals surface area (Å²) in [6, 6.07) is 5.19. The van der Waals surface area contributed by atoms with Crippen LogP contribution < -0.4 is 5.32 Å². The van der Waals surface area contributed by atoms with Crippen molar-refractivity contribution in [2.45, 2.75) is 12.7 Å². The van der Waals surface area contributed by atoms with Gasteiger partial charge in [-0.05, 0) is 24.0 Å². The second kappa shape index (κ2) is 5.54. The molecule has 16 heavy (non-hydrogen) atoms. The summed E-state index contributed by atoms with van der Waals surface area (Å²) in [7, 11) is 0. The van der Waals surface area contributed by atoms with Gasteiger partial charge in [0.15, 0.2) is 0 Å². The van der Waals surface area contributed by atoms with Gasteiger partial charge in [0, 0.05) is 6.54 Å². The molecule has 6 heteroatoms. The normalized spacial score (nSPS) is 11.2. The standard InChI is InChI=1S/C10H10F3NS2/c1-16-9(15)14-6-7-3-2-4-8(5-7)10(11,12)13/h2-5H,6H2,1H3,(H,14,15). The maximum absolute atomic E-state index is 12.4. The summed E-state index contributed by atoms with van der Waals surface area (Å²) in [6.07, 6.45) is -2.49. The predicted molar refractivity (Wildman–Crippen MR) is 64.4 cm³/mol. The first-order chi connectivity index (χ1) is 7.43. The quantitative estimate of drug-likeness (QED) is 0.823. The number of halogens is 3.